The summed E-state index contributed by atoms with van der Waals surface area (Å²) in [6.45, 7) is 0. The third-order valence-electron chi connectivity index (χ3n) is 0.807. The Morgan fingerprint density at radius 1 is 1.80 bits per heavy atom. The highest BCUT2D eigenvalue weighted by atomic mass is 79.9. The number of benzene rings is 1. The van der Waals surface area contributed by atoms with Gasteiger partial charge in [-0.2, -0.15) is 0 Å². The van der Waals surface area contributed by atoms with Gasteiger partial charge in [0.05, 0.1) is 19.7 Å². The SMILES string of the molecule is [2H]c1c([2H])c(Br)c(OC([2H])([2H])[2H])c([2H])c1F. The second kappa shape index (κ2) is 3.01. The number of ether oxygens (including phenoxy) is 1. The van der Waals surface area contributed by atoms with Crippen LogP contribution in [0.3, 0.4) is 0 Å². The normalized spacial score (nSPS) is 19.4. The Morgan fingerprint density at radius 3 is 3.30 bits per heavy atom. The van der Waals surface area contributed by atoms with Gasteiger partial charge in [0.25, 0.3) is 0 Å². The summed E-state index contributed by atoms with van der Waals surface area (Å²) < 4.78 is 59.6. The summed E-state index contributed by atoms with van der Waals surface area (Å²) in [7, 11) is -2.85. The van der Waals surface area contributed by atoms with Crippen molar-refractivity contribution in [2.24, 2.45) is 0 Å². The monoisotopic (exact) mass is 210 g/mol. The van der Waals surface area contributed by atoms with Crippen LogP contribution in [0, 0.1) is 5.82 Å². The molecule has 1 rings (SSSR count). The van der Waals surface area contributed by atoms with E-state index in [9.17, 15) is 4.39 Å². The molecule has 3 heteroatoms. The van der Waals surface area contributed by atoms with Crippen molar-refractivity contribution in [1.82, 2.24) is 0 Å². The first kappa shape index (κ1) is 2.81. The van der Waals surface area contributed by atoms with Crippen molar-refractivity contribution in [2.75, 3.05) is 7.04 Å². The molecule has 0 fully saturated rings. The molecule has 0 radical (unpaired) electrons. The van der Waals surface area contributed by atoms with E-state index in [0.29, 0.717) is 0 Å². The van der Waals surface area contributed by atoms with Gasteiger partial charge in [-0.25, -0.2) is 4.39 Å². The lowest BCUT2D eigenvalue weighted by molar-refractivity contribution is 0.408. The van der Waals surface area contributed by atoms with Gasteiger partial charge < -0.3 is 4.74 Å². The maximum Gasteiger partial charge on any atom is 0.135 e. The third kappa shape index (κ3) is 1.48. The van der Waals surface area contributed by atoms with Gasteiger partial charge in [-0.15, -0.1) is 0 Å². The van der Waals surface area contributed by atoms with Crippen LogP contribution in [0.15, 0.2) is 22.6 Å². The van der Waals surface area contributed by atoms with Crippen LogP contribution in [0.4, 0.5) is 4.39 Å². The van der Waals surface area contributed by atoms with E-state index in [2.05, 4.69) is 20.7 Å². The molecule has 0 aliphatic rings. The van der Waals surface area contributed by atoms with E-state index >= 15 is 0 Å². The molecule has 0 unspecified atom stereocenters. The fourth-order valence-corrected chi connectivity index (χ4v) is 0.702. The average molecular weight is 211 g/mol. The Morgan fingerprint density at radius 2 is 2.60 bits per heavy atom. The second-order valence-electron chi connectivity index (χ2n) is 1.43. The maximum absolute atomic E-state index is 13.2. The first-order valence-corrected chi connectivity index (χ1v) is 3.08. The minimum Gasteiger partial charge on any atom is -0.495 e. The number of methoxy groups -OCH3 is 1. The van der Waals surface area contributed by atoms with Gasteiger partial charge in [0, 0.05) is 6.04 Å². The predicted octanol–water partition coefficient (Wildman–Crippen LogP) is 2.60. The summed E-state index contributed by atoms with van der Waals surface area (Å²) in [6.07, 6.45) is 0. The van der Waals surface area contributed by atoms with Gasteiger partial charge in [0.2, 0.25) is 0 Å². The quantitative estimate of drug-likeness (QED) is 0.693. The summed E-state index contributed by atoms with van der Waals surface area (Å²) in [6, 6.07) is -2.20. The molecule has 0 saturated heterocycles. The number of halogens is 2. The average Bonchev–Trinajstić information content (AvgIpc) is 2.17. The van der Waals surface area contributed by atoms with E-state index < -0.39 is 36.7 Å². The maximum atomic E-state index is 13.2. The Balaban J connectivity index is 3.40. The second-order valence-corrected chi connectivity index (χ2v) is 2.23. The first-order chi connectivity index (χ1) is 7.15. The van der Waals surface area contributed by atoms with Crippen LogP contribution in [0.1, 0.15) is 8.22 Å². The lowest BCUT2D eigenvalue weighted by Gasteiger charge is -2.00. The van der Waals surface area contributed by atoms with Crippen molar-refractivity contribution >= 4 is 15.9 Å². The van der Waals surface area contributed by atoms with Crippen molar-refractivity contribution in [3.63, 3.8) is 0 Å². The van der Waals surface area contributed by atoms with Crippen molar-refractivity contribution in [2.45, 2.75) is 0 Å². The minimum atomic E-state index is -2.85. The summed E-state index contributed by atoms with van der Waals surface area (Å²) in [5.74, 6) is -1.88. The van der Waals surface area contributed by atoms with Crippen molar-refractivity contribution in [3.05, 3.63) is 28.4 Å². The zero-order chi connectivity index (χ0) is 12.7. The summed E-state index contributed by atoms with van der Waals surface area (Å²) in [5, 5.41) is 0. The molecule has 0 amide bonds. The minimum absolute atomic E-state index is 0.222. The van der Waals surface area contributed by atoms with Crippen LogP contribution < -0.4 is 4.74 Å². The Labute approximate surface area is 75.4 Å². The molecule has 1 nitrogen and oxygen atoms in total. The number of hydrogen-bond acceptors (Lipinski definition) is 1. The van der Waals surface area contributed by atoms with Crippen LogP contribution in [0.2, 0.25) is 0 Å². The Bertz CT molecular complexity index is 403. The van der Waals surface area contributed by atoms with Crippen molar-refractivity contribution in [3.8, 4) is 5.75 Å². The molecule has 0 N–H and O–H groups in total. The lowest BCUT2D eigenvalue weighted by Crippen LogP contribution is -1.84. The van der Waals surface area contributed by atoms with E-state index in [1.165, 1.54) is 0 Å². The van der Waals surface area contributed by atoms with E-state index in [-0.39, 0.29) is 4.47 Å². The molecule has 0 atom stereocenters. The summed E-state index contributed by atoms with van der Waals surface area (Å²) >= 11 is 2.80. The highest BCUT2D eigenvalue weighted by Gasteiger charge is 1.99. The molecule has 0 bridgehead atoms. The molecule has 0 aliphatic carbocycles. The standard InChI is InChI=1S/C7H6BrFO/c1-10-7-4-5(9)2-3-6(7)8/h2-4H,1H3/i1D3,2D,3D,4D. The van der Waals surface area contributed by atoms with Crippen LogP contribution >= 0.6 is 15.9 Å². The Hall–Kier alpha value is -0.570. The third-order valence-corrected chi connectivity index (χ3v) is 1.37. The van der Waals surface area contributed by atoms with Gasteiger partial charge >= 0.3 is 0 Å². The van der Waals surface area contributed by atoms with Gasteiger partial charge in [-0.05, 0) is 28.0 Å². The van der Waals surface area contributed by atoms with Crippen LogP contribution in [-0.2, 0) is 0 Å². The zero-order valence-corrected chi connectivity index (χ0v) is 6.25. The smallest absolute Gasteiger partial charge is 0.135 e. The molecule has 1 aromatic carbocycles. The molecule has 0 aliphatic heterocycles. The van der Waals surface area contributed by atoms with Crippen molar-refractivity contribution < 1.29 is 17.4 Å². The largest absolute Gasteiger partial charge is 0.495 e. The molecule has 0 heterocycles. The van der Waals surface area contributed by atoms with Crippen LogP contribution in [-0.4, -0.2) is 7.04 Å². The van der Waals surface area contributed by atoms with E-state index in [1.54, 1.807) is 0 Å². The highest BCUT2D eigenvalue weighted by Crippen LogP contribution is 2.24. The fraction of sp³-hybridized carbons (Fsp3) is 0.143. The molecule has 54 valence electrons. The predicted molar refractivity (Wildman–Crippen MR) is 40.7 cm³/mol. The molecule has 1 aromatic rings. The molecule has 0 aromatic heterocycles. The molecule has 0 saturated carbocycles. The highest BCUT2D eigenvalue weighted by molar-refractivity contribution is 9.10. The summed E-state index contributed by atoms with van der Waals surface area (Å²) in [5.41, 5.74) is 0. The first-order valence-electron chi connectivity index (χ1n) is 5.29. The van der Waals surface area contributed by atoms with Crippen LogP contribution in [0.5, 0.6) is 5.75 Å². The lowest BCUT2D eigenvalue weighted by atomic mass is 10.3. The van der Waals surface area contributed by atoms with Gasteiger partial charge in [0.1, 0.15) is 11.6 Å². The molecule has 0 spiro atoms. The molecule has 10 heavy (non-hydrogen) atoms. The number of hydrogen-bond donors (Lipinski definition) is 0. The van der Waals surface area contributed by atoms with Crippen molar-refractivity contribution in [1.29, 1.82) is 0 Å². The zero-order valence-electron chi connectivity index (χ0n) is 10.7. The van der Waals surface area contributed by atoms with Gasteiger partial charge in [-0.1, -0.05) is 0 Å². The molecular weight excluding hydrogens is 199 g/mol. The van der Waals surface area contributed by atoms with Gasteiger partial charge in [0.15, 0.2) is 0 Å². The van der Waals surface area contributed by atoms with E-state index in [1.807, 2.05) is 0 Å². The van der Waals surface area contributed by atoms with Gasteiger partial charge in [-0.3, -0.25) is 0 Å². The number of rotatable bonds is 1. The topological polar surface area (TPSA) is 9.23 Å². The van der Waals surface area contributed by atoms with E-state index in [0.717, 1.165) is 0 Å². The Kier molecular flexibility index (Phi) is 0.848. The van der Waals surface area contributed by atoms with E-state index in [4.69, 9.17) is 8.22 Å². The molecular formula is C7H6BrFO. The summed E-state index contributed by atoms with van der Waals surface area (Å²) in [4.78, 5) is 0. The van der Waals surface area contributed by atoms with Crippen LogP contribution in [0.25, 0.3) is 0 Å². The fourth-order valence-electron chi connectivity index (χ4n) is 0.423.